The molecule has 2 N–H and O–H groups in total. The van der Waals surface area contributed by atoms with E-state index in [-0.39, 0.29) is 5.91 Å². The van der Waals surface area contributed by atoms with Crippen LogP contribution in [0, 0.1) is 0 Å². The zero-order valence-corrected chi connectivity index (χ0v) is 19.1. The Bertz CT molecular complexity index is 1310. The number of carbonyl (C=O) groups is 2. The Morgan fingerprint density at radius 2 is 1.75 bits per heavy atom. The van der Waals surface area contributed by atoms with Gasteiger partial charge in [-0.1, -0.05) is 49.7 Å². The van der Waals surface area contributed by atoms with Crippen molar-refractivity contribution in [2.24, 2.45) is 0 Å². The van der Waals surface area contributed by atoms with Crippen LogP contribution in [0.4, 0.5) is 0 Å². The molecule has 0 spiro atoms. The summed E-state index contributed by atoms with van der Waals surface area (Å²) in [4.78, 5) is 26.3. The largest absolute Gasteiger partial charge is 0.354 e. The van der Waals surface area contributed by atoms with Crippen molar-refractivity contribution < 1.29 is 18.0 Å². The molecular weight excluding hydrogens is 428 g/mol. The first-order chi connectivity index (χ1) is 15.3. The zero-order chi connectivity index (χ0) is 23.0. The van der Waals surface area contributed by atoms with Crippen LogP contribution in [0.25, 0.3) is 22.2 Å². The predicted molar refractivity (Wildman–Crippen MR) is 124 cm³/mol. The number of hydrogen-bond acceptors (Lipinski definition) is 4. The van der Waals surface area contributed by atoms with E-state index in [0.717, 1.165) is 17.1 Å². The Morgan fingerprint density at radius 3 is 2.44 bits per heavy atom. The third-order valence-electron chi connectivity index (χ3n) is 5.65. The van der Waals surface area contributed by atoms with E-state index in [4.69, 9.17) is 0 Å². The van der Waals surface area contributed by atoms with Gasteiger partial charge in [-0.05, 0) is 18.6 Å². The summed E-state index contributed by atoms with van der Waals surface area (Å²) in [6, 6.07) is 12.8. The number of amides is 2. The van der Waals surface area contributed by atoms with Crippen molar-refractivity contribution in [2.45, 2.75) is 25.8 Å². The number of hydrogen-bond donors (Lipinski definition) is 2. The first kappa shape index (κ1) is 22.0. The van der Waals surface area contributed by atoms with Crippen LogP contribution in [0.15, 0.2) is 48.5 Å². The summed E-state index contributed by atoms with van der Waals surface area (Å²) in [7, 11) is -1.06. The highest BCUT2D eigenvalue weighted by Gasteiger charge is 2.38. The van der Waals surface area contributed by atoms with Gasteiger partial charge in [-0.25, -0.2) is 3.97 Å². The average molecular weight is 455 g/mol. The summed E-state index contributed by atoms with van der Waals surface area (Å²) in [6.45, 7) is 2.49. The summed E-state index contributed by atoms with van der Waals surface area (Å²) in [5.41, 5.74) is 2.02. The second-order valence-electron chi connectivity index (χ2n) is 7.93. The Balaban J connectivity index is 2.09. The van der Waals surface area contributed by atoms with Gasteiger partial charge in [-0.3, -0.25) is 9.59 Å². The summed E-state index contributed by atoms with van der Waals surface area (Å²) >= 11 is 0. The Morgan fingerprint density at radius 1 is 1.09 bits per heavy atom. The molecule has 4 rings (SSSR count). The van der Waals surface area contributed by atoms with Crippen LogP contribution in [0.5, 0.6) is 0 Å². The minimum atomic E-state index is -3.97. The molecule has 1 aromatic heterocycles. The lowest BCUT2D eigenvalue weighted by molar-refractivity contribution is -0.123. The number of carbonyl (C=O) groups excluding carboxylic acids is 2. The number of unbranched alkanes of at least 4 members (excludes halogenated alkanes) is 1. The molecule has 168 valence electrons. The van der Waals surface area contributed by atoms with Gasteiger partial charge in [0.1, 0.15) is 6.04 Å². The normalized spacial score (nSPS) is 15.8. The van der Waals surface area contributed by atoms with E-state index in [1.165, 1.54) is 18.1 Å². The fraction of sp³-hybridized carbons (Fsp3) is 0.304. The minimum Gasteiger partial charge on any atom is -0.354 e. The third kappa shape index (κ3) is 3.47. The minimum absolute atomic E-state index is 0.315. The van der Waals surface area contributed by atoms with Crippen molar-refractivity contribution in [1.82, 2.24) is 18.9 Å². The van der Waals surface area contributed by atoms with Crippen LogP contribution in [0.3, 0.4) is 0 Å². The van der Waals surface area contributed by atoms with Crippen molar-refractivity contribution in [1.29, 1.82) is 0 Å². The van der Waals surface area contributed by atoms with Gasteiger partial charge in [0.25, 0.3) is 5.91 Å². The number of nitrogens with zero attached hydrogens (tertiary/aromatic N) is 2. The SMILES string of the molecule is CCCCNC(=O)C1NC(=O)c2ccccc2-c2c1c1ccccc1n2S(=O)(=O)N(C)C. The molecule has 0 bridgehead atoms. The van der Waals surface area contributed by atoms with Crippen molar-refractivity contribution in [3.63, 3.8) is 0 Å². The van der Waals surface area contributed by atoms with Crippen LogP contribution in [-0.4, -0.2) is 49.1 Å². The van der Waals surface area contributed by atoms with E-state index in [0.29, 0.717) is 39.8 Å². The summed E-state index contributed by atoms with van der Waals surface area (Å²) in [6.07, 6.45) is 1.71. The van der Waals surface area contributed by atoms with Crippen LogP contribution >= 0.6 is 0 Å². The second-order valence-corrected chi connectivity index (χ2v) is 9.92. The first-order valence-electron chi connectivity index (χ1n) is 10.5. The molecule has 2 heterocycles. The predicted octanol–water partition coefficient (Wildman–Crippen LogP) is 2.66. The molecule has 1 atom stereocenters. The van der Waals surface area contributed by atoms with Crippen LogP contribution in [0.2, 0.25) is 0 Å². The monoisotopic (exact) mass is 454 g/mol. The van der Waals surface area contributed by atoms with Crippen molar-refractivity contribution >= 4 is 32.9 Å². The van der Waals surface area contributed by atoms with E-state index in [1.54, 1.807) is 48.5 Å². The summed E-state index contributed by atoms with van der Waals surface area (Å²) in [5, 5.41) is 6.31. The molecular formula is C23H26N4O4S. The molecule has 9 heteroatoms. The molecule has 32 heavy (non-hydrogen) atoms. The van der Waals surface area contributed by atoms with Gasteiger partial charge in [0.05, 0.1) is 11.2 Å². The molecule has 1 unspecified atom stereocenters. The van der Waals surface area contributed by atoms with Gasteiger partial charge in [-0.15, -0.1) is 0 Å². The maximum absolute atomic E-state index is 13.5. The van der Waals surface area contributed by atoms with E-state index < -0.39 is 22.2 Å². The molecule has 1 aliphatic rings. The van der Waals surface area contributed by atoms with Gasteiger partial charge in [0.15, 0.2) is 0 Å². The molecule has 2 amide bonds. The molecule has 0 fully saturated rings. The van der Waals surface area contributed by atoms with E-state index in [1.807, 2.05) is 6.92 Å². The second kappa shape index (κ2) is 8.40. The molecule has 1 aliphatic heterocycles. The number of nitrogens with one attached hydrogen (secondary N) is 2. The highest BCUT2D eigenvalue weighted by atomic mass is 32.2. The van der Waals surface area contributed by atoms with Crippen LogP contribution in [0.1, 0.15) is 41.7 Å². The van der Waals surface area contributed by atoms with Crippen molar-refractivity contribution in [3.05, 3.63) is 59.7 Å². The lowest BCUT2D eigenvalue weighted by atomic mass is 9.98. The van der Waals surface area contributed by atoms with Gasteiger partial charge in [-0.2, -0.15) is 12.7 Å². The first-order valence-corrected chi connectivity index (χ1v) is 11.9. The van der Waals surface area contributed by atoms with Crippen LogP contribution in [-0.2, 0) is 15.0 Å². The topological polar surface area (TPSA) is 101 Å². The number of rotatable bonds is 6. The number of fused-ring (bicyclic) bond motifs is 5. The number of para-hydroxylation sites is 1. The van der Waals surface area contributed by atoms with E-state index in [9.17, 15) is 18.0 Å². The van der Waals surface area contributed by atoms with Gasteiger partial charge >= 0.3 is 10.2 Å². The third-order valence-corrected chi connectivity index (χ3v) is 7.41. The average Bonchev–Trinajstić information content (AvgIpc) is 3.06. The Kier molecular flexibility index (Phi) is 5.79. The maximum Gasteiger partial charge on any atom is 0.308 e. The Hall–Kier alpha value is -3.17. The van der Waals surface area contributed by atoms with Crippen molar-refractivity contribution in [2.75, 3.05) is 20.6 Å². The van der Waals surface area contributed by atoms with Gasteiger partial charge in [0, 0.05) is 42.7 Å². The standard InChI is InChI=1S/C23H26N4O4S/c1-4-5-14-24-23(29)20-19-17-12-8-9-13-18(17)27(32(30,31)26(2)3)21(19)15-10-6-7-11-16(15)22(28)25-20/h6-13,20H,4-5,14H2,1-3H3,(H,24,29)(H,25,28). The molecule has 8 nitrogen and oxygen atoms in total. The summed E-state index contributed by atoms with van der Waals surface area (Å²) < 4.78 is 29.3. The Labute approximate surface area is 187 Å². The van der Waals surface area contributed by atoms with Gasteiger partial charge in [0.2, 0.25) is 5.91 Å². The molecule has 0 saturated heterocycles. The quantitative estimate of drug-likeness (QED) is 0.559. The lowest BCUT2D eigenvalue weighted by Gasteiger charge is -2.19. The number of benzene rings is 2. The lowest BCUT2D eigenvalue weighted by Crippen LogP contribution is -2.40. The van der Waals surface area contributed by atoms with E-state index in [2.05, 4.69) is 10.6 Å². The molecule has 0 saturated carbocycles. The fourth-order valence-corrected chi connectivity index (χ4v) is 5.20. The molecule has 2 aromatic carbocycles. The fourth-order valence-electron chi connectivity index (χ4n) is 4.04. The molecule has 0 aliphatic carbocycles. The van der Waals surface area contributed by atoms with Gasteiger partial charge < -0.3 is 10.6 Å². The van der Waals surface area contributed by atoms with Crippen molar-refractivity contribution in [3.8, 4) is 11.3 Å². The molecule has 3 aromatic rings. The van der Waals surface area contributed by atoms with Crippen LogP contribution < -0.4 is 10.6 Å². The smallest absolute Gasteiger partial charge is 0.308 e. The highest BCUT2D eigenvalue weighted by molar-refractivity contribution is 7.87. The molecule has 0 radical (unpaired) electrons. The maximum atomic E-state index is 13.5. The zero-order valence-electron chi connectivity index (χ0n) is 18.3. The number of aromatic nitrogens is 1. The highest BCUT2D eigenvalue weighted by Crippen LogP contribution is 2.42. The summed E-state index contributed by atoms with van der Waals surface area (Å²) in [5.74, 6) is -0.795. The van der Waals surface area contributed by atoms with E-state index >= 15 is 0 Å².